The van der Waals surface area contributed by atoms with Crippen molar-refractivity contribution in [2.24, 2.45) is 0 Å². The summed E-state index contributed by atoms with van der Waals surface area (Å²) in [6, 6.07) is 3.42. The highest BCUT2D eigenvalue weighted by atomic mass is 16.5. The van der Waals surface area contributed by atoms with Crippen molar-refractivity contribution in [2.45, 2.75) is 32.6 Å². The minimum absolute atomic E-state index is 0.00228. The molecular weight excluding hydrogens is 258 g/mol. The minimum Gasteiger partial charge on any atom is -0.463 e. The van der Waals surface area contributed by atoms with Crippen molar-refractivity contribution in [3.63, 3.8) is 0 Å². The molecule has 0 atom stereocenters. The number of hydrogen-bond donors (Lipinski definition) is 2. The molecule has 0 aliphatic carbocycles. The summed E-state index contributed by atoms with van der Waals surface area (Å²) in [6.07, 6.45) is 5.88. The molecule has 1 amide bonds. The normalized spacial score (nSPS) is 10.7. The van der Waals surface area contributed by atoms with Crippen LogP contribution in [0.1, 0.15) is 43.0 Å². The van der Waals surface area contributed by atoms with Gasteiger partial charge in [0.2, 0.25) is 5.88 Å². The van der Waals surface area contributed by atoms with Crippen LogP contribution in [0.15, 0.2) is 27.3 Å². The van der Waals surface area contributed by atoms with E-state index in [0.29, 0.717) is 18.0 Å². The number of amides is 1. The standard InChI is InChI=1S/C14H19N3O3/c1-2-3-4-5-8-16-14(18)11-12(17-20-13(11)15)10-7-6-9-19-10/h6-7,9H,2-5,8,15H2,1H3,(H,16,18). The van der Waals surface area contributed by atoms with Crippen LogP contribution < -0.4 is 11.1 Å². The van der Waals surface area contributed by atoms with Crippen LogP contribution in [0.5, 0.6) is 0 Å². The number of rotatable bonds is 7. The molecule has 20 heavy (non-hydrogen) atoms. The fourth-order valence-electron chi connectivity index (χ4n) is 1.95. The van der Waals surface area contributed by atoms with E-state index < -0.39 is 0 Å². The van der Waals surface area contributed by atoms with Crippen LogP contribution in [0.4, 0.5) is 5.88 Å². The number of anilines is 1. The Morgan fingerprint density at radius 3 is 2.95 bits per heavy atom. The zero-order chi connectivity index (χ0) is 14.4. The smallest absolute Gasteiger partial charge is 0.259 e. The van der Waals surface area contributed by atoms with Crippen molar-refractivity contribution in [3.8, 4) is 11.5 Å². The molecule has 6 nitrogen and oxygen atoms in total. The molecule has 0 aromatic carbocycles. The molecule has 2 aromatic heterocycles. The topological polar surface area (TPSA) is 94.3 Å². The molecule has 0 radical (unpaired) electrons. The summed E-state index contributed by atoms with van der Waals surface area (Å²) in [4.78, 5) is 12.1. The van der Waals surface area contributed by atoms with Crippen molar-refractivity contribution >= 4 is 11.8 Å². The largest absolute Gasteiger partial charge is 0.463 e. The second kappa shape index (κ2) is 6.79. The number of carbonyl (C=O) groups excluding carboxylic acids is 1. The molecular formula is C14H19N3O3. The lowest BCUT2D eigenvalue weighted by molar-refractivity contribution is 0.0954. The van der Waals surface area contributed by atoms with Crippen molar-refractivity contribution in [2.75, 3.05) is 12.3 Å². The van der Waals surface area contributed by atoms with Crippen molar-refractivity contribution in [3.05, 3.63) is 24.0 Å². The number of unbranched alkanes of at least 4 members (excludes halogenated alkanes) is 3. The number of furan rings is 1. The molecule has 0 aliphatic rings. The fourth-order valence-corrected chi connectivity index (χ4v) is 1.95. The first-order valence-corrected chi connectivity index (χ1v) is 6.81. The number of aromatic nitrogens is 1. The molecule has 0 spiro atoms. The average Bonchev–Trinajstić information content (AvgIpc) is 3.07. The SMILES string of the molecule is CCCCCCNC(=O)c1c(-c2ccco2)noc1N. The monoisotopic (exact) mass is 277 g/mol. The van der Waals surface area contributed by atoms with Crippen LogP contribution in [0.25, 0.3) is 11.5 Å². The Hall–Kier alpha value is -2.24. The van der Waals surface area contributed by atoms with Crippen LogP contribution in [0, 0.1) is 0 Å². The molecule has 3 N–H and O–H groups in total. The van der Waals surface area contributed by atoms with E-state index in [-0.39, 0.29) is 17.4 Å². The predicted octanol–water partition coefficient (Wildman–Crippen LogP) is 2.83. The lowest BCUT2D eigenvalue weighted by Crippen LogP contribution is -2.25. The first-order valence-electron chi connectivity index (χ1n) is 6.81. The number of carbonyl (C=O) groups is 1. The molecule has 0 fully saturated rings. The van der Waals surface area contributed by atoms with Gasteiger partial charge < -0.3 is 20.0 Å². The summed E-state index contributed by atoms with van der Waals surface area (Å²) in [5, 5.41) is 6.61. The number of nitrogens with zero attached hydrogens (tertiary/aromatic N) is 1. The Labute approximate surface area is 117 Å². The first-order chi connectivity index (χ1) is 9.74. The first kappa shape index (κ1) is 14.2. The quantitative estimate of drug-likeness (QED) is 0.759. The van der Waals surface area contributed by atoms with E-state index in [1.807, 2.05) is 0 Å². The van der Waals surface area contributed by atoms with Crippen LogP contribution in [-0.2, 0) is 0 Å². The van der Waals surface area contributed by atoms with Gasteiger partial charge in [-0.15, -0.1) is 0 Å². The Kier molecular flexibility index (Phi) is 4.81. The van der Waals surface area contributed by atoms with Crippen molar-refractivity contribution in [1.82, 2.24) is 10.5 Å². The number of nitrogens with two attached hydrogens (primary N) is 1. The Morgan fingerprint density at radius 2 is 2.25 bits per heavy atom. The third-order valence-corrected chi connectivity index (χ3v) is 3.02. The molecule has 6 heteroatoms. The zero-order valence-electron chi connectivity index (χ0n) is 11.5. The summed E-state index contributed by atoms with van der Waals surface area (Å²) < 4.78 is 10.1. The lowest BCUT2D eigenvalue weighted by Gasteiger charge is -2.04. The Morgan fingerprint density at radius 1 is 1.40 bits per heavy atom. The maximum atomic E-state index is 12.1. The minimum atomic E-state index is -0.286. The van der Waals surface area contributed by atoms with Gasteiger partial charge in [0.1, 0.15) is 5.56 Å². The van der Waals surface area contributed by atoms with Gasteiger partial charge in [0.15, 0.2) is 11.5 Å². The van der Waals surface area contributed by atoms with Crippen LogP contribution >= 0.6 is 0 Å². The highest BCUT2D eigenvalue weighted by Gasteiger charge is 2.23. The van der Waals surface area contributed by atoms with Gasteiger partial charge in [0, 0.05) is 6.54 Å². The van der Waals surface area contributed by atoms with Crippen LogP contribution in [0.3, 0.4) is 0 Å². The average molecular weight is 277 g/mol. The highest BCUT2D eigenvalue weighted by molar-refractivity contribution is 6.03. The molecule has 0 unspecified atom stereocenters. The van der Waals surface area contributed by atoms with Gasteiger partial charge in [0.05, 0.1) is 6.26 Å². The molecule has 2 aromatic rings. The molecule has 0 aliphatic heterocycles. The molecule has 2 rings (SSSR count). The summed E-state index contributed by atoms with van der Waals surface area (Å²) in [6.45, 7) is 2.76. The van der Waals surface area contributed by atoms with Gasteiger partial charge in [-0.05, 0) is 18.6 Å². The van der Waals surface area contributed by atoms with E-state index in [1.165, 1.54) is 12.7 Å². The van der Waals surface area contributed by atoms with Gasteiger partial charge in [-0.25, -0.2) is 0 Å². The van der Waals surface area contributed by atoms with Crippen molar-refractivity contribution in [1.29, 1.82) is 0 Å². The predicted molar refractivity (Wildman–Crippen MR) is 75.1 cm³/mol. The number of nitrogen functional groups attached to an aromatic ring is 1. The maximum Gasteiger partial charge on any atom is 0.259 e. The zero-order valence-corrected chi connectivity index (χ0v) is 11.5. The summed E-state index contributed by atoms with van der Waals surface area (Å²) >= 11 is 0. The van der Waals surface area contributed by atoms with Crippen LogP contribution in [-0.4, -0.2) is 17.6 Å². The molecule has 0 saturated heterocycles. The van der Waals surface area contributed by atoms with E-state index in [4.69, 9.17) is 14.7 Å². The second-order valence-corrected chi connectivity index (χ2v) is 4.56. The van der Waals surface area contributed by atoms with Crippen LogP contribution in [0.2, 0.25) is 0 Å². The van der Waals surface area contributed by atoms with E-state index in [0.717, 1.165) is 19.3 Å². The lowest BCUT2D eigenvalue weighted by atomic mass is 10.1. The van der Waals surface area contributed by atoms with Gasteiger partial charge in [-0.2, -0.15) is 0 Å². The summed E-state index contributed by atoms with van der Waals surface area (Å²) in [5.74, 6) is 0.177. The van der Waals surface area contributed by atoms with Gasteiger partial charge in [-0.3, -0.25) is 4.79 Å². The molecule has 0 bridgehead atoms. The molecule has 2 heterocycles. The highest BCUT2D eigenvalue weighted by Crippen LogP contribution is 2.27. The maximum absolute atomic E-state index is 12.1. The van der Waals surface area contributed by atoms with Crippen molar-refractivity contribution < 1.29 is 13.7 Å². The van der Waals surface area contributed by atoms with E-state index >= 15 is 0 Å². The number of hydrogen-bond acceptors (Lipinski definition) is 5. The molecule has 0 saturated carbocycles. The van der Waals surface area contributed by atoms with Gasteiger partial charge in [0.25, 0.3) is 5.91 Å². The summed E-state index contributed by atoms with van der Waals surface area (Å²) in [5.41, 5.74) is 6.23. The van der Waals surface area contributed by atoms with E-state index in [1.54, 1.807) is 12.1 Å². The second-order valence-electron chi connectivity index (χ2n) is 4.56. The third-order valence-electron chi connectivity index (χ3n) is 3.02. The van der Waals surface area contributed by atoms with E-state index in [2.05, 4.69) is 17.4 Å². The Bertz CT molecular complexity index is 546. The summed E-state index contributed by atoms with van der Waals surface area (Å²) in [7, 11) is 0. The fraction of sp³-hybridized carbons (Fsp3) is 0.429. The Balaban J connectivity index is 2.01. The number of nitrogens with one attached hydrogen (secondary N) is 1. The molecule has 108 valence electrons. The van der Waals surface area contributed by atoms with E-state index in [9.17, 15) is 4.79 Å². The van der Waals surface area contributed by atoms with Gasteiger partial charge in [-0.1, -0.05) is 31.3 Å². The third kappa shape index (κ3) is 3.20. The van der Waals surface area contributed by atoms with Gasteiger partial charge >= 0.3 is 0 Å².